The Balaban J connectivity index is 1.35. The summed E-state index contributed by atoms with van der Waals surface area (Å²) in [5.74, 6) is 1.08. The van der Waals surface area contributed by atoms with Gasteiger partial charge in [0.15, 0.2) is 0 Å². The van der Waals surface area contributed by atoms with Crippen molar-refractivity contribution in [3.8, 4) is 0 Å². The molecular formula is C21H27N5O. The van der Waals surface area contributed by atoms with Gasteiger partial charge in [0.25, 0.3) is 0 Å². The lowest BCUT2D eigenvalue weighted by Crippen LogP contribution is -2.51. The highest BCUT2D eigenvalue weighted by Gasteiger charge is 2.40. The molecular weight excluding hydrogens is 338 g/mol. The van der Waals surface area contributed by atoms with E-state index in [1.165, 1.54) is 5.56 Å². The van der Waals surface area contributed by atoms with Crippen LogP contribution >= 0.6 is 0 Å². The van der Waals surface area contributed by atoms with E-state index in [1.807, 2.05) is 42.4 Å². The number of nitrogens with zero attached hydrogens (tertiary/aromatic N) is 5. The Morgan fingerprint density at radius 3 is 2.52 bits per heavy atom. The average molecular weight is 365 g/mol. The second kappa shape index (κ2) is 7.72. The topological polar surface area (TPSA) is 62.2 Å². The predicted molar refractivity (Wildman–Crippen MR) is 103 cm³/mol. The Bertz CT molecular complexity index is 769. The van der Waals surface area contributed by atoms with Gasteiger partial charge in [-0.3, -0.25) is 14.7 Å². The molecule has 2 aliphatic rings. The fourth-order valence-electron chi connectivity index (χ4n) is 4.29. The second-order valence-electron chi connectivity index (χ2n) is 7.99. The first-order valence-electron chi connectivity index (χ1n) is 9.80. The number of hydrogen-bond donors (Lipinski definition) is 0. The summed E-state index contributed by atoms with van der Waals surface area (Å²) in [5.41, 5.74) is 2.41. The molecule has 2 aliphatic heterocycles. The molecule has 2 aromatic heterocycles. The van der Waals surface area contributed by atoms with Gasteiger partial charge in [-0.15, -0.1) is 0 Å². The molecule has 0 saturated carbocycles. The van der Waals surface area contributed by atoms with Crippen LogP contribution in [0.4, 0.5) is 0 Å². The standard InChI is InChI=1S/C21H27N5O/c1-17-23-12-18(13-24-17)14-25-10-7-21(8-11-25)6-5-20(27)26(16-21)15-19-4-2-3-9-22-19/h2-4,9,12-13H,5-8,10-11,14-16H2,1H3. The summed E-state index contributed by atoms with van der Waals surface area (Å²) in [6.07, 6.45) is 9.63. The number of rotatable bonds is 4. The summed E-state index contributed by atoms with van der Waals surface area (Å²) in [6.45, 7) is 6.46. The minimum atomic E-state index is 0.267. The highest BCUT2D eigenvalue weighted by Crippen LogP contribution is 2.40. The van der Waals surface area contributed by atoms with Crippen LogP contribution in [0.3, 0.4) is 0 Å². The number of carbonyl (C=O) groups excluding carboxylic acids is 1. The van der Waals surface area contributed by atoms with Crippen molar-refractivity contribution in [3.63, 3.8) is 0 Å². The van der Waals surface area contributed by atoms with Gasteiger partial charge in [-0.2, -0.15) is 0 Å². The molecule has 0 bridgehead atoms. The van der Waals surface area contributed by atoms with E-state index in [9.17, 15) is 4.79 Å². The SMILES string of the molecule is Cc1ncc(CN2CCC3(CCC(=O)N(Cc4ccccn4)C3)CC2)cn1. The Hall–Kier alpha value is -2.34. The van der Waals surface area contributed by atoms with Crippen LogP contribution in [-0.4, -0.2) is 50.3 Å². The molecule has 4 rings (SSSR count). The van der Waals surface area contributed by atoms with Gasteiger partial charge in [0.2, 0.25) is 5.91 Å². The molecule has 0 aromatic carbocycles. The highest BCUT2D eigenvalue weighted by atomic mass is 16.2. The quantitative estimate of drug-likeness (QED) is 0.833. The summed E-state index contributed by atoms with van der Waals surface area (Å²) >= 11 is 0. The molecule has 142 valence electrons. The largest absolute Gasteiger partial charge is 0.336 e. The molecule has 27 heavy (non-hydrogen) atoms. The molecule has 0 unspecified atom stereocenters. The minimum Gasteiger partial charge on any atom is -0.336 e. The lowest BCUT2D eigenvalue weighted by atomic mass is 9.72. The van der Waals surface area contributed by atoms with Gasteiger partial charge < -0.3 is 4.90 Å². The van der Waals surface area contributed by atoms with Crippen LogP contribution in [0.15, 0.2) is 36.8 Å². The number of hydrogen-bond acceptors (Lipinski definition) is 5. The van der Waals surface area contributed by atoms with E-state index in [1.54, 1.807) is 6.20 Å². The molecule has 0 atom stereocenters. The molecule has 0 N–H and O–H groups in total. The van der Waals surface area contributed by atoms with E-state index < -0.39 is 0 Å². The first kappa shape index (κ1) is 18.0. The molecule has 0 radical (unpaired) electrons. The summed E-state index contributed by atoms with van der Waals surface area (Å²) in [6, 6.07) is 5.90. The number of likely N-dealkylation sites (tertiary alicyclic amines) is 2. The van der Waals surface area contributed by atoms with Crippen molar-refractivity contribution < 1.29 is 4.79 Å². The van der Waals surface area contributed by atoms with Crippen LogP contribution in [0.5, 0.6) is 0 Å². The van der Waals surface area contributed by atoms with E-state index in [4.69, 9.17) is 0 Å². The number of carbonyl (C=O) groups is 1. The van der Waals surface area contributed by atoms with Crippen LogP contribution in [0.1, 0.15) is 42.8 Å². The zero-order valence-corrected chi connectivity index (χ0v) is 16.0. The first-order chi connectivity index (χ1) is 13.1. The average Bonchev–Trinajstić information content (AvgIpc) is 2.69. The van der Waals surface area contributed by atoms with Crippen molar-refractivity contribution in [2.24, 2.45) is 5.41 Å². The molecule has 1 amide bonds. The second-order valence-corrected chi connectivity index (χ2v) is 7.99. The number of amides is 1. The lowest BCUT2D eigenvalue weighted by Gasteiger charge is -2.47. The zero-order chi connectivity index (χ0) is 18.7. The van der Waals surface area contributed by atoms with E-state index in [0.717, 1.165) is 57.0 Å². The summed E-state index contributed by atoms with van der Waals surface area (Å²) < 4.78 is 0. The van der Waals surface area contributed by atoms with Crippen molar-refractivity contribution in [2.45, 2.75) is 45.7 Å². The summed E-state index contributed by atoms with van der Waals surface area (Å²) in [5, 5.41) is 0. The van der Waals surface area contributed by atoms with Gasteiger partial charge in [0.1, 0.15) is 5.82 Å². The van der Waals surface area contributed by atoms with Gasteiger partial charge in [0, 0.05) is 43.7 Å². The third-order valence-corrected chi connectivity index (χ3v) is 5.98. The molecule has 2 fully saturated rings. The summed E-state index contributed by atoms with van der Waals surface area (Å²) in [7, 11) is 0. The molecule has 6 heteroatoms. The molecule has 6 nitrogen and oxygen atoms in total. The van der Waals surface area contributed by atoms with Crippen LogP contribution in [0.25, 0.3) is 0 Å². The monoisotopic (exact) mass is 365 g/mol. The Kier molecular flexibility index (Phi) is 5.16. The molecule has 0 aliphatic carbocycles. The zero-order valence-electron chi connectivity index (χ0n) is 16.0. The Morgan fingerprint density at radius 1 is 1.04 bits per heavy atom. The number of pyridine rings is 1. The Labute approximate surface area is 160 Å². The van der Waals surface area contributed by atoms with Crippen LogP contribution in [0, 0.1) is 12.3 Å². The van der Waals surface area contributed by atoms with Crippen molar-refractivity contribution in [3.05, 3.63) is 53.9 Å². The first-order valence-corrected chi connectivity index (χ1v) is 9.80. The normalized spacial score (nSPS) is 20.2. The van der Waals surface area contributed by atoms with E-state index in [2.05, 4.69) is 19.9 Å². The van der Waals surface area contributed by atoms with Gasteiger partial charge in [0.05, 0.1) is 12.2 Å². The third kappa shape index (κ3) is 4.33. The van der Waals surface area contributed by atoms with E-state index in [0.29, 0.717) is 13.0 Å². The maximum Gasteiger partial charge on any atom is 0.222 e. The van der Waals surface area contributed by atoms with Crippen LogP contribution in [-0.2, 0) is 17.9 Å². The van der Waals surface area contributed by atoms with E-state index >= 15 is 0 Å². The van der Waals surface area contributed by atoms with Gasteiger partial charge >= 0.3 is 0 Å². The number of aromatic nitrogens is 3. The molecule has 4 heterocycles. The lowest BCUT2D eigenvalue weighted by molar-refractivity contribution is -0.140. The summed E-state index contributed by atoms with van der Waals surface area (Å²) in [4.78, 5) is 29.9. The minimum absolute atomic E-state index is 0.267. The highest BCUT2D eigenvalue weighted by molar-refractivity contribution is 5.77. The molecule has 1 spiro atoms. The third-order valence-electron chi connectivity index (χ3n) is 5.98. The Morgan fingerprint density at radius 2 is 1.81 bits per heavy atom. The fourth-order valence-corrected chi connectivity index (χ4v) is 4.29. The van der Waals surface area contributed by atoms with Crippen molar-refractivity contribution in [2.75, 3.05) is 19.6 Å². The predicted octanol–water partition coefficient (Wildman–Crippen LogP) is 2.58. The van der Waals surface area contributed by atoms with Gasteiger partial charge in [-0.05, 0) is 56.8 Å². The van der Waals surface area contributed by atoms with Crippen LogP contribution in [0.2, 0.25) is 0 Å². The van der Waals surface area contributed by atoms with Gasteiger partial charge in [-0.1, -0.05) is 6.07 Å². The number of aryl methyl sites for hydroxylation is 1. The van der Waals surface area contributed by atoms with Crippen molar-refractivity contribution >= 4 is 5.91 Å². The van der Waals surface area contributed by atoms with Crippen molar-refractivity contribution in [1.82, 2.24) is 24.8 Å². The maximum atomic E-state index is 12.4. The van der Waals surface area contributed by atoms with Crippen LogP contribution < -0.4 is 0 Å². The van der Waals surface area contributed by atoms with Gasteiger partial charge in [-0.25, -0.2) is 9.97 Å². The van der Waals surface area contributed by atoms with E-state index in [-0.39, 0.29) is 11.3 Å². The smallest absolute Gasteiger partial charge is 0.222 e. The number of piperidine rings is 2. The maximum absolute atomic E-state index is 12.4. The molecule has 2 aromatic rings. The van der Waals surface area contributed by atoms with Crippen molar-refractivity contribution in [1.29, 1.82) is 0 Å². The fraction of sp³-hybridized carbons (Fsp3) is 0.524. The molecule has 2 saturated heterocycles.